The van der Waals surface area contributed by atoms with Crippen LogP contribution in [0.4, 0.5) is 5.69 Å². The van der Waals surface area contributed by atoms with Crippen molar-refractivity contribution in [1.82, 2.24) is 0 Å². The number of nitro benzene ring substituents is 1. The monoisotopic (exact) mass is 246 g/mol. The van der Waals surface area contributed by atoms with Crippen LogP contribution < -0.4 is 58.2 Å². The summed E-state index contributed by atoms with van der Waals surface area (Å²) in [7, 11) is 0. The number of hydrogen-bond donors (Lipinski definition) is 0. The molecule has 1 aromatic carbocycles. The van der Waals surface area contributed by atoms with E-state index in [1.165, 1.54) is 18.2 Å². The molecule has 0 aliphatic heterocycles. The number of hydrogen-bond acceptors (Lipinski definition) is 3. The fourth-order valence-electron chi connectivity index (χ4n) is 0.803. The van der Waals surface area contributed by atoms with Crippen LogP contribution in [-0.4, -0.2) is 4.92 Å². The first-order valence-corrected chi connectivity index (χ1v) is 3.15. The molecule has 0 fully saturated rings. The van der Waals surface area contributed by atoms with Crippen LogP contribution in [0.2, 0.25) is 0 Å². The Morgan fingerprint density at radius 2 is 2.15 bits per heavy atom. The van der Waals surface area contributed by atoms with Crippen molar-refractivity contribution in [3.8, 4) is 6.07 Å². The topological polar surface area (TPSA) is 66.9 Å². The summed E-state index contributed by atoms with van der Waals surface area (Å²) in [5.74, 6) is 0. The normalized spacial score (nSPS) is 8.23. The largest absolute Gasteiger partial charge is 1.00 e. The molecule has 1 rings (SSSR count). The standard InChI is InChI=1S/C8H5N2O2.Rb/c1-6-4-8(10(11)12)3-2-7(6)5-9;/h2-4H,1H2;/q-1;+1. The molecule has 0 heterocycles. The van der Waals surface area contributed by atoms with Crippen molar-refractivity contribution >= 4 is 5.69 Å². The van der Waals surface area contributed by atoms with Crippen LogP contribution in [0.1, 0.15) is 11.1 Å². The molecule has 0 N–H and O–H groups in total. The van der Waals surface area contributed by atoms with Gasteiger partial charge >= 0.3 is 58.2 Å². The van der Waals surface area contributed by atoms with Gasteiger partial charge in [0.15, 0.2) is 0 Å². The van der Waals surface area contributed by atoms with E-state index in [0.29, 0.717) is 11.1 Å². The molecule has 0 saturated heterocycles. The molecule has 1 aromatic rings. The third kappa shape index (κ3) is 3.20. The van der Waals surface area contributed by atoms with Crippen molar-refractivity contribution < 1.29 is 63.1 Å². The Hall–Kier alpha value is -0.215. The molecule has 0 atom stereocenters. The van der Waals surface area contributed by atoms with Crippen LogP contribution >= 0.6 is 0 Å². The minimum Gasteiger partial charge on any atom is -0.259 e. The van der Waals surface area contributed by atoms with E-state index < -0.39 is 4.92 Å². The van der Waals surface area contributed by atoms with Crippen molar-refractivity contribution in [2.24, 2.45) is 0 Å². The molecule has 0 aromatic heterocycles. The molecule has 5 heteroatoms. The Bertz CT molecular complexity index is 371. The van der Waals surface area contributed by atoms with Gasteiger partial charge in [-0.15, -0.1) is 0 Å². The average Bonchev–Trinajstić information content (AvgIpc) is 2.04. The van der Waals surface area contributed by atoms with Crippen LogP contribution in [0.5, 0.6) is 0 Å². The zero-order chi connectivity index (χ0) is 9.14. The SMILES string of the molecule is [CH2-]c1cc([N+](=O)[O-])ccc1C#N.[Rb+]. The van der Waals surface area contributed by atoms with Crippen LogP contribution in [0.3, 0.4) is 0 Å². The summed E-state index contributed by atoms with van der Waals surface area (Å²) < 4.78 is 0. The minimum absolute atomic E-state index is 0. The number of nitrogens with zero attached hydrogens (tertiary/aromatic N) is 2. The molecule has 0 aliphatic rings. The zero-order valence-corrected chi connectivity index (χ0v) is 12.1. The van der Waals surface area contributed by atoms with Gasteiger partial charge in [-0.1, -0.05) is 17.7 Å². The molecule has 13 heavy (non-hydrogen) atoms. The van der Waals surface area contributed by atoms with Gasteiger partial charge in [0.2, 0.25) is 5.69 Å². The van der Waals surface area contributed by atoms with Crippen molar-refractivity contribution in [3.05, 3.63) is 46.4 Å². The minimum atomic E-state index is -0.518. The summed E-state index contributed by atoms with van der Waals surface area (Å²) in [5, 5.41) is 18.7. The summed E-state index contributed by atoms with van der Waals surface area (Å²) >= 11 is 0. The summed E-state index contributed by atoms with van der Waals surface area (Å²) in [4.78, 5) is 9.73. The molecule has 0 amide bonds. The fraction of sp³-hybridized carbons (Fsp3) is 0. The Kier molecular flexibility index (Phi) is 5.41. The quantitative estimate of drug-likeness (QED) is 0.350. The van der Waals surface area contributed by atoms with Gasteiger partial charge in [-0.2, -0.15) is 12.5 Å². The Morgan fingerprint density at radius 1 is 1.54 bits per heavy atom. The Labute approximate surface area is 124 Å². The predicted molar refractivity (Wildman–Crippen MR) is 42.3 cm³/mol. The molecule has 0 spiro atoms. The van der Waals surface area contributed by atoms with Gasteiger partial charge < -0.3 is 0 Å². The fourth-order valence-corrected chi connectivity index (χ4v) is 0.803. The number of nitriles is 1. The maximum absolute atomic E-state index is 10.2. The second-order valence-electron chi connectivity index (χ2n) is 2.21. The van der Waals surface area contributed by atoms with Crippen LogP contribution in [-0.2, 0) is 0 Å². The molecular weight excluding hydrogens is 242 g/mol. The van der Waals surface area contributed by atoms with Crippen LogP contribution in [0.25, 0.3) is 0 Å². The summed E-state index contributed by atoms with van der Waals surface area (Å²) in [6.45, 7) is 3.51. The molecule has 60 valence electrons. The van der Waals surface area contributed by atoms with Gasteiger partial charge in [0.1, 0.15) is 0 Å². The number of benzene rings is 1. The number of rotatable bonds is 1. The van der Waals surface area contributed by atoms with Gasteiger partial charge in [-0.3, -0.25) is 10.1 Å². The van der Waals surface area contributed by atoms with Gasteiger partial charge in [-0.25, -0.2) is 5.26 Å². The molecule has 4 nitrogen and oxygen atoms in total. The maximum atomic E-state index is 10.2. The smallest absolute Gasteiger partial charge is 0.259 e. The van der Waals surface area contributed by atoms with Gasteiger partial charge in [0.05, 0.1) is 0 Å². The molecule has 0 unspecified atom stereocenters. The van der Waals surface area contributed by atoms with Gasteiger partial charge in [-0.05, 0) is 6.07 Å². The van der Waals surface area contributed by atoms with Crippen molar-refractivity contribution in [2.75, 3.05) is 0 Å². The molecular formula is C8H5N2O2Rb. The van der Waals surface area contributed by atoms with Gasteiger partial charge in [0.25, 0.3) is 0 Å². The van der Waals surface area contributed by atoms with Gasteiger partial charge in [0, 0.05) is 11.0 Å². The van der Waals surface area contributed by atoms with Crippen LogP contribution in [0, 0.1) is 28.4 Å². The first-order chi connectivity index (χ1) is 5.65. The first-order valence-electron chi connectivity index (χ1n) is 3.15. The van der Waals surface area contributed by atoms with E-state index >= 15 is 0 Å². The predicted octanol–water partition coefficient (Wildman–Crippen LogP) is -1.35. The van der Waals surface area contributed by atoms with Crippen molar-refractivity contribution in [2.45, 2.75) is 0 Å². The third-order valence-corrected chi connectivity index (χ3v) is 1.42. The number of nitro groups is 1. The average molecular weight is 247 g/mol. The van der Waals surface area contributed by atoms with Crippen molar-refractivity contribution in [3.63, 3.8) is 0 Å². The summed E-state index contributed by atoms with van der Waals surface area (Å²) in [5.41, 5.74) is 0.700. The Balaban J connectivity index is 0.00000144. The van der Waals surface area contributed by atoms with E-state index in [0.717, 1.165) is 0 Å². The Morgan fingerprint density at radius 3 is 2.54 bits per heavy atom. The molecule has 0 aliphatic carbocycles. The van der Waals surface area contributed by atoms with Crippen LogP contribution in [0.15, 0.2) is 18.2 Å². The van der Waals surface area contributed by atoms with E-state index in [4.69, 9.17) is 5.26 Å². The number of non-ortho nitro benzene ring substituents is 1. The van der Waals surface area contributed by atoms with E-state index in [1.807, 2.05) is 6.07 Å². The second kappa shape index (κ2) is 5.50. The first kappa shape index (κ1) is 12.8. The summed E-state index contributed by atoms with van der Waals surface area (Å²) in [6, 6.07) is 5.83. The zero-order valence-electron chi connectivity index (χ0n) is 7.15. The molecule has 0 saturated carbocycles. The molecule has 0 bridgehead atoms. The van der Waals surface area contributed by atoms with E-state index in [1.54, 1.807) is 0 Å². The van der Waals surface area contributed by atoms with Crippen molar-refractivity contribution in [1.29, 1.82) is 5.26 Å². The van der Waals surface area contributed by atoms with E-state index in [9.17, 15) is 10.1 Å². The summed E-state index contributed by atoms with van der Waals surface area (Å²) in [6.07, 6.45) is 0. The molecule has 0 radical (unpaired) electrons. The third-order valence-electron chi connectivity index (χ3n) is 1.42. The second-order valence-corrected chi connectivity index (χ2v) is 2.21. The van der Waals surface area contributed by atoms with E-state index in [2.05, 4.69) is 6.92 Å². The maximum Gasteiger partial charge on any atom is 1.00 e. The van der Waals surface area contributed by atoms with E-state index in [-0.39, 0.29) is 63.9 Å².